The average molecular weight is 275 g/mol. The lowest BCUT2D eigenvalue weighted by molar-refractivity contribution is 0.0601. The summed E-state index contributed by atoms with van der Waals surface area (Å²) in [5.74, 6) is -0.486. The maximum Gasteiger partial charge on any atom is 0.339 e. The molecule has 0 aliphatic rings. The Hall–Kier alpha value is -2.13. The van der Waals surface area contributed by atoms with Crippen LogP contribution in [0.3, 0.4) is 0 Å². The first kappa shape index (κ1) is 13.3. The Labute approximate surface area is 115 Å². The summed E-state index contributed by atoms with van der Waals surface area (Å²) in [4.78, 5) is 22.4. The SMILES string of the molecule is COC(=O)c1ccc(-c2ccccc2C=O)cc1Cl. The van der Waals surface area contributed by atoms with Crippen LogP contribution < -0.4 is 0 Å². The summed E-state index contributed by atoms with van der Waals surface area (Å²) < 4.78 is 4.63. The first-order valence-electron chi connectivity index (χ1n) is 5.60. The summed E-state index contributed by atoms with van der Waals surface area (Å²) in [6, 6.07) is 12.2. The third kappa shape index (κ3) is 2.66. The second kappa shape index (κ2) is 5.67. The third-order valence-corrected chi connectivity index (χ3v) is 3.09. The molecular formula is C15H11ClO3. The number of halogens is 1. The minimum Gasteiger partial charge on any atom is -0.465 e. The Kier molecular flexibility index (Phi) is 3.97. The molecule has 0 radical (unpaired) electrons. The van der Waals surface area contributed by atoms with E-state index in [4.69, 9.17) is 11.6 Å². The highest BCUT2D eigenvalue weighted by Crippen LogP contribution is 2.27. The van der Waals surface area contributed by atoms with Gasteiger partial charge in [0.2, 0.25) is 0 Å². The monoisotopic (exact) mass is 274 g/mol. The molecule has 19 heavy (non-hydrogen) atoms. The molecule has 0 aliphatic heterocycles. The van der Waals surface area contributed by atoms with Crippen molar-refractivity contribution in [1.29, 1.82) is 0 Å². The van der Waals surface area contributed by atoms with E-state index in [9.17, 15) is 9.59 Å². The Balaban J connectivity index is 2.50. The fourth-order valence-corrected chi connectivity index (χ4v) is 2.08. The number of aldehydes is 1. The Morgan fingerprint density at radius 3 is 2.58 bits per heavy atom. The van der Waals surface area contributed by atoms with E-state index in [1.807, 2.05) is 12.1 Å². The highest BCUT2D eigenvalue weighted by molar-refractivity contribution is 6.33. The number of hydrogen-bond acceptors (Lipinski definition) is 3. The number of esters is 1. The fourth-order valence-electron chi connectivity index (χ4n) is 1.82. The van der Waals surface area contributed by atoms with Crippen molar-refractivity contribution in [1.82, 2.24) is 0 Å². The zero-order valence-electron chi connectivity index (χ0n) is 10.2. The molecule has 0 unspecified atom stereocenters. The van der Waals surface area contributed by atoms with Gasteiger partial charge in [0.15, 0.2) is 6.29 Å². The molecule has 0 atom stereocenters. The van der Waals surface area contributed by atoms with Crippen molar-refractivity contribution in [3.63, 3.8) is 0 Å². The molecule has 2 aromatic rings. The van der Waals surface area contributed by atoms with Crippen LogP contribution in [0.2, 0.25) is 5.02 Å². The predicted molar refractivity (Wildman–Crippen MR) is 73.6 cm³/mol. The maximum atomic E-state index is 11.4. The van der Waals surface area contributed by atoms with Gasteiger partial charge in [0, 0.05) is 5.56 Å². The molecule has 2 aromatic carbocycles. The predicted octanol–water partition coefficient (Wildman–Crippen LogP) is 3.61. The van der Waals surface area contributed by atoms with Gasteiger partial charge in [0.05, 0.1) is 17.7 Å². The molecule has 0 aromatic heterocycles. The molecular weight excluding hydrogens is 264 g/mol. The van der Waals surface area contributed by atoms with Gasteiger partial charge < -0.3 is 4.74 Å². The number of benzene rings is 2. The lowest BCUT2D eigenvalue weighted by Crippen LogP contribution is -2.02. The standard InChI is InChI=1S/C15H11ClO3/c1-19-15(18)13-7-6-10(8-14(13)16)12-5-3-2-4-11(12)9-17/h2-9H,1H3. The summed E-state index contributed by atoms with van der Waals surface area (Å²) in [6.45, 7) is 0. The summed E-state index contributed by atoms with van der Waals surface area (Å²) in [6.07, 6.45) is 0.789. The highest BCUT2D eigenvalue weighted by atomic mass is 35.5. The smallest absolute Gasteiger partial charge is 0.339 e. The zero-order chi connectivity index (χ0) is 13.8. The van der Waals surface area contributed by atoms with Gasteiger partial charge in [-0.15, -0.1) is 0 Å². The van der Waals surface area contributed by atoms with E-state index in [-0.39, 0.29) is 0 Å². The normalized spacial score (nSPS) is 10.0. The summed E-state index contributed by atoms with van der Waals surface area (Å²) in [5, 5.41) is 0.296. The van der Waals surface area contributed by atoms with E-state index < -0.39 is 5.97 Å². The van der Waals surface area contributed by atoms with Crippen LogP contribution >= 0.6 is 11.6 Å². The topological polar surface area (TPSA) is 43.4 Å². The third-order valence-electron chi connectivity index (χ3n) is 2.77. The highest BCUT2D eigenvalue weighted by Gasteiger charge is 2.12. The Morgan fingerprint density at radius 1 is 1.21 bits per heavy atom. The lowest BCUT2D eigenvalue weighted by Gasteiger charge is -2.07. The molecule has 2 rings (SSSR count). The number of carbonyl (C=O) groups is 2. The number of rotatable bonds is 3. The molecule has 0 fully saturated rings. The summed E-state index contributed by atoms with van der Waals surface area (Å²) >= 11 is 6.06. The number of carbonyl (C=O) groups excluding carboxylic acids is 2. The van der Waals surface area contributed by atoms with Crippen LogP contribution in [0.25, 0.3) is 11.1 Å². The van der Waals surface area contributed by atoms with Crippen molar-refractivity contribution in [3.05, 3.63) is 58.6 Å². The summed E-state index contributed by atoms with van der Waals surface area (Å²) in [5.41, 5.74) is 2.43. The van der Waals surface area contributed by atoms with Crippen molar-refractivity contribution in [2.75, 3.05) is 7.11 Å². The van der Waals surface area contributed by atoms with Crippen LogP contribution in [0.4, 0.5) is 0 Å². The van der Waals surface area contributed by atoms with Crippen LogP contribution in [-0.2, 0) is 4.74 Å². The molecule has 0 heterocycles. The molecule has 0 saturated carbocycles. The average Bonchev–Trinajstić information content (AvgIpc) is 2.46. The van der Waals surface area contributed by atoms with Crippen molar-refractivity contribution >= 4 is 23.9 Å². The number of hydrogen-bond donors (Lipinski definition) is 0. The first-order valence-corrected chi connectivity index (χ1v) is 5.97. The van der Waals surface area contributed by atoms with Gasteiger partial charge in [-0.05, 0) is 23.3 Å². The first-order chi connectivity index (χ1) is 9.17. The molecule has 0 amide bonds. The molecule has 0 N–H and O–H groups in total. The van der Waals surface area contributed by atoms with Gasteiger partial charge in [-0.25, -0.2) is 4.79 Å². The molecule has 0 bridgehead atoms. The van der Waals surface area contributed by atoms with Crippen molar-refractivity contribution in [2.24, 2.45) is 0 Å². The lowest BCUT2D eigenvalue weighted by atomic mass is 9.99. The van der Waals surface area contributed by atoms with Crippen LogP contribution in [0.1, 0.15) is 20.7 Å². The van der Waals surface area contributed by atoms with Crippen LogP contribution in [-0.4, -0.2) is 19.4 Å². The van der Waals surface area contributed by atoms with Gasteiger partial charge in [-0.1, -0.05) is 41.9 Å². The van der Waals surface area contributed by atoms with Gasteiger partial charge >= 0.3 is 5.97 Å². The Morgan fingerprint density at radius 2 is 1.95 bits per heavy atom. The zero-order valence-corrected chi connectivity index (χ0v) is 11.0. The molecule has 0 saturated heterocycles. The molecule has 0 spiro atoms. The van der Waals surface area contributed by atoms with Crippen molar-refractivity contribution < 1.29 is 14.3 Å². The molecule has 3 nitrogen and oxygen atoms in total. The Bertz CT molecular complexity index is 635. The van der Waals surface area contributed by atoms with E-state index in [0.717, 1.165) is 17.4 Å². The second-order valence-electron chi connectivity index (χ2n) is 3.89. The molecule has 0 aliphatic carbocycles. The van der Waals surface area contributed by atoms with Gasteiger partial charge in [0.25, 0.3) is 0 Å². The number of methoxy groups -OCH3 is 1. The fraction of sp³-hybridized carbons (Fsp3) is 0.0667. The maximum absolute atomic E-state index is 11.4. The van der Waals surface area contributed by atoms with Crippen LogP contribution in [0.15, 0.2) is 42.5 Å². The van der Waals surface area contributed by atoms with Gasteiger partial charge in [-0.2, -0.15) is 0 Å². The van der Waals surface area contributed by atoms with E-state index in [2.05, 4.69) is 4.74 Å². The van der Waals surface area contributed by atoms with Gasteiger partial charge in [0.1, 0.15) is 0 Å². The largest absolute Gasteiger partial charge is 0.465 e. The van der Waals surface area contributed by atoms with E-state index in [1.54, 1.807) is 30.3 Å². The van der Waals surface area contributed by atoms with Gasteiger partial charge in [-0.3, -0.25) is 4.79 Å². The van der Waals surface area contributed by atoms with E-state index in [0.29, 0.717) is 16.1 Å². The molecule has 4 heteroatoms. The minimum absolute atomic E-state index is 0.296. The van der Waals surface area contributed by atoms with E-state index in [1.165, 1.54) is 7.11 Å². The number of ether oxygens (including phenoxy) is 1. The van der Waals surface area contributed by atoms with Crippen molar-refractivity contribution in [3.8, 4) is 11.1 Å². The minimum atomic E-state index is -0.486. The van der Waals surface area contributed by atoms with Crippen LogP contribution in [0.5, 0.6) is 0 Å². The quantitative estimate of drug-likeness (QED) is 0.634. The van der Waals surface area contributed by atoms with E-state index >= 15 is 0 Å². The second-order valence-corrected chi connectivity index (χ2v) is 4.30. The summed E-state index contributed by atoms with van der Waals surface area (Å²) in [7, 11) is 1.30. The van der Waals surface area contributed by atoms with Crippen molar-refractivity contribution in [2.45, 2.75) is 0 Å². The van der Waals surface area contributed by atoms with Crippen LogP contribution in [0, 0.1) is 0 Å². The molecule has 96 valence electrons.